The van der Waals surface area contributed by atoms with Gasteiger partial charge in [-0.05, 0) is 30.5 Å². The van der Waals surface area contributed by atoms with Gasteiger partial charge in [-0.2, -0.15) is 0 Å². The minimum absolute atomic E-state index is 0.0287. The first-order chi connectivity index (χ1) is 9.13. The van der Waals surface area contributed by atoms with Crippen molar-refractivity contribution in [3.05, 3.63) is 35.6 Å². The predicted molar refractivity (Wildman–Crippen MR) is 73.1 cm³/mol. The van der Waals surface area contributed by atoms with Gasteiger partial charge in [-0.1, -0.05) is 31.4 Å². The summed E-state index contributed by atoms with van der Waals surface area (Å²) in [6, 6.07) is 6.04. The molecule has 0 unspecified atom stereocenters. The van der Waals surface area contributed by atoms with Gasteiger partial charge in [0.2, 0.25) is 5.91 Å². The second-order valence-electron chi connectivity index (χ2n) is 5.40. The molecule has 3 N–H and O–H groups in total. The Morgan fingerprint density at radius 1 is 1.21 bits per heavy atom. The number of carbonyl (C=O) groups is 1. The summed E-state index contributed by atoms with van der Waals surface area (Å²) in [4.78, 5) is 12.1. The summed E-state index contributed by atoms with van der Waals surface area (Å²) < 4.78 is 12.8. The molecule has 0 atom stereocenters. The van der Waals surface area contributed by atoms with Crippen molar-refractivity contribution in [1.29, 1.82) is 0 Å². The first kappa shape index (κ1) is 14.0. The summed E-state index contributed by atoms with van der Waals surface area (Å²) in [6.45, 7) is 0.488. The Bertz CT molecular complexity index is 424. The zero-order valence-electron chi connectivity index (χ0n) is 11.1. The van der Waals surface area contributed by atoms with Crippen LogP contribution in [-0.2, 0) is 11.2 Å². The fraction of sp³-hybridized carbons (Fsp3) is 0.533. The fourth-order valence-electron chi connectivity index (χ4n) is 2.74. The van der Waals surface area contributed by atoms with Gasteiger partial charge >= 0.3 is 0 Å². The van der Waals surface area contributed by atoms with Gasteiger partial charge in [0.15, 0.2) is 0 Å². The number of nitrogens with one attached hydrogen (secondary N) is 1. The first-order valence-electron chi connectivity index (χ1n) is 6.89. The smallest absolute Gasteiger partial charge is 0.224 e. The van der Waals surface area contributed by atoms with Crippen LogP contribution in [0.3, 0.4) is 0 Å². The molecule has 1 amide bonds. The van der Waals surface area contributed by atoms with E-state index in [0.29, 0.717) is 6.54 Å². The fourth-order valence-corrected chi connectivity index (χ4v) is 2.74. The average molecular weight is 264 g/mol. The molecule has 1 aromatic carbocycles. The Balaban J connectivity index is 1.94. The minimum atomic E-state index is -0.283. The van der Waals surface area contributed by atoms with Crippen LogP contribution in [0.25, 0.3) is 0 Å². The van der Waals surface area contributed by atoms with Gasteiger partial charge in [-0.3, -0.25) is 4.79 Å². The van der Waals surface area contributed by atoms with E-state index in [9.17, 15) is 9.18 Å². The van der Waals surface area contributed by atoms with Crippen LogP contribution in [0.15, 0.2) is 24.3 Å². The summed E-state index contributed by atoms with van der Waals surface area (Å²) in [6.07, 6.45) is 5.65. The van der Waals surface area contributed by atoms with Crippen molar-refractivity contribution < 1.29 is 9.18 Å². The molecule has 1 aliphatic carbocycles. The minimum Gasteiger partial charge on any atom is -0.349 e. The average Bonchev–Trinajstić information content (AvgIpc) is 2.42. The molecular formula is C15H21FN2O. The Morgan fingerprint density at radius 2 is 1.84 bits per heavy atom. The molecule has 0 spiro atoms. The van der Waals surface area contributed by atoms with E-state index in [4.69, 9.17) is 5.73 Å². The standard InChI is InChI=1S/C15H21FN2O/c16-13-6-4-12(5-7-13)10-14(19)18-15(11-17)8-2-1-3-9-15/h4-7H,1-3,8-11,17H2,(H,18,19). The van der Waals surface area contributed by atoms with Crippen LogP contribution in [-0.4, -0.2) is 18.0 Å². The number of carbonyl (C=O) groups excluding carboxylic acids is 1. The normalized spacial score (nSPS) is 18.0. The third-order valence-electron chi connectivity index (χ3n) is 3.88. The van der Waals surface area contributed by atoms with Gasteiger partial charge in [0.1, 0.15) is 5.82 Å². The second kappa shape index (κ2) is 6.15. The van der Waals surface area contributed by atoms with E-state index in [1.54, 1.807) is 12.1 Å². The van der Waals surface area contributed by atoms with Crippen LogP contribution >= 0.6 is 0 Å². The van der Waals surface area contributed by atoms with Crippen molar-refractivity contribution >= 4 is 5.91 Å². The van der Waals surface area contributed by atoms with E-state index in [2.05, 4.69) is 5.32 Å². The van der Waals surface area contributed by atoms with Crippen LogP contribution in [0.4, 0.5) is 4.39 Å². The van der Waals surface area contributed by atoms with Crippen molar-refractivity contribution in [3.8, 4) is 0 Å². The quantitative estimate of drug-likeness (QED) is 0.875. The summed E-state index contributed by atoms with van der Waals surface area (Å²) in [5.41, 5.74) is 6.43. The predicted octanol–water partition coefficient (Wildman–Crippen LogP) is 2.15. The van der Waals surface area contributed by atoms with Crippen molar-refractivity contribution in [2.75, 3.05) is 6.54 Å². The van der Waals surface area contributed by atoms with Gasteiger partial charge in [0, 0.05) is 6.54 Å². The van der Waals surface area contributed by atoms with Gasteiger partial charge in [-0.25, -0.2) is 4.39 Å². The Morgan fingerprint density at radius 3 is 2.42 bits per heavy atom. The van der Waals surface area contributed by atoms with Crippen molar-refractivity contribution in [3.63, 3.8) is 0 Å². The van der Waals surface area contributed by atoms with Crippen LogP contribution in [0.1, 0.15) is 37.7 Å². The zero-order chi connectivity index (χ0) is 13.7. The largest absolute Gasteiger partial charge is 0.349 e. The van der Waals surface area contributed by atoms with Crippen LogP contribution < -0.4 is 11.1 Å². The number of halogens is 1. The first-order valence-corrected chi connectivity index (χ1v) is 6.89. The number of hydrogen-bond donors (Lipinski definition) is 2. The van der Waals surface area contributed by atoms with Gasteiger partial charge in [0.25, 0.3) is 0 Å². The van der Waals surface area contributed by atoms with E-state index < -0.39 is 0 Å². The zero-order valence-corrected chi connectivity index (χ0v) is 11.1. The van der Waals surface area contributed by atoms with Gasteiger partial charge < -0.3 is 11.1 Å². The monoisotopic (exact) mass is 264 g/mol. The van der Waals surface area contributed by atoms with Crippen molar-refractivity contribution in [2.45, 2.75) is 44.1 Å². The maximum Gasteiger partial charge on any atom is 0.224 e. The number of benzene rings is 1. The number of rotatable bonds is 4. The lowest BCUT2D eigenvalue weighted by Gasteiger charge is -2.37. The highest BCUT2D eigenvalue weighted by atomic mass is 19.1. The lowest BCUT2D eigenvalue weighted by Crippen LogP contribution is -2.55. The maximum absolute atomic E-state index is 12.8. The van der Waals surface area contributed by atoms with E-state index in [-0.39, 0.29) is 23.7 Å². The van der Waals surface area contributed by atoms with E-state index in [1.165, 1.54) is 18.6 Å². The Labute approximate surface area is 113 Å². The molecule has 104 valence electrons. The third kappa shape index (κ3) is 3.77. The number of nitrogens with two attached hydrogens (primary N) is 1. The number of hydrogen-bond acceptors (Lipinski definition) is 2. The molecule has 0 heterocycles. The molecule has 0 aliphatic heterocycles. The van der Waals surface area contributed by atoms with E-state index in [0.717, 1.165) is 31.2 Å². The molecule has 1 aromatic rings. The summed E-state index contributed by atoms with van der Waals surface area (Å²) in [7, 11) is 0. The van der Waals surface area contributed by atoms with Crippen molar-refractivity contribution in [2.24, 2.45) is 5.73 Å². The molecule has 1 fully saturated rings. The highest BCUT2D eigenvalue weighted by molar-refractivity contribution is 5.79. The van der Waals surface area contributed by atoms with E-state index in [1.807, 2.05) is 0 Å². The Hall–Kier alpha value is -1.42. The van der Waals surface area contributed by atoms with Crippen LogP contribution in [0, 0.1) is 5.82 Å². The topological polar surface area (TPSA) is 55.1 Å². The highest BCUT2D eigenvalue weighted by Crippen LogP contribution is 2.27. The Kier molecular flexibility index (Phi) is 4.53. The molecule has 0 radical (unpaired) electrons. The molecular weight excluding hydrogens is 243 g/mol. The third-order valence-corrected chi connectivity index (χ3v) is 3.88. The molecule has 4 heteroatoms. The SMILES string of the molecule is NCC1(NC(=O)Cc2ccc(F)cc2)CCCCC1. The molecule has 2 rings (SSSR count). The lowest BCUT2D eigenvalue weighted by molar-refractivity contribution is -0.122. The second-order valence-corrected chi connectivity index (χ2v) is 5.40. The van der Waals surface area contributed by atoms with Gasteiger partial charge in [-0.15, -0.1) is 0 Å². The molecule has 0 saturated heterocycles. The molecule has 19 heavy (non-hydrogen) atoms. The summed E-state index contributed by atoms with van der Waals surface area (Å²) >= 11 is 0. The molecule has 1 saturated carbocycles. The van der Waals surface area contributed by atoms with Crippen molar-refractivity contribution in [1.82, 2.24) is 5.32 Å². The number of amides is 1. The van der Waals surface area contributed by atoms with E-state index >= 15 is 0 Å². The summed E-state index contributed by atoms with van der Waals surface area (Å²) in [5, 5.41) is 3.09. The van der Waals surface area contributed by atoms with Gasteiger partial charge in [0.05, 0.1) is 12.0 Å². The molecule has 3 nitrogen and oxygen atoms in total. The molecule has 0 aromatic heterocycles. The lowest BCUT2D eigenvalue weighted by atomic mass is 9.81. The van der Waals surface area contributed by atoms with Crippen LogP contribution in [0.2, 0.25) is 0 Å². The summed E-state index contributed by atoms with van der Waals surface area (Å²) in [5.74, 6) is -0.311. The molecule has 1 aliphatic rings. The highest BCUT2D eigenvalue weighted by Gasteiger charge is 2.31. The maximum atomic E-state index is 12.8. The van der Waals surface area contributed by atoms with Crippen LogP contribution in [0.5, 0.6) is 0 Å². The molecule has 0 bridgehead atoms.